The van der Waals surface area contributed by atoms with Gasteiger partial charge in [-0.1, -0.05) is 42.8 Å². The van der Waals surface area contributed by atoms with Crippen LogP contribution in [0.3, 0.4) is 0 Å². The molecular formula is C15H19NO. The highest BCUT2D eigenvalue weighted by atomic mass is 16.2. The van der Waals surface area contributed by atoms with Gasteiger partial charge in [0.2, 0.25) is 5.91 Å². The van der Waals surface area contributed by atoms with Gasteiger partial charge in [0, 0.05) is 18.7 Å². The van der Waals surface area contributed by atoms with Crippen molar-refractivity contribution in [1.82, 2.24) is 4.90 Å². The van der Waals surface area contributed by atoms with Gasteiger partial charge in [-0.25, -0.2) is 0 Å². The molecule has 0 aromatic heterocycles. The van der Waals surface area contributed by atoms with Crippen LogP contribution in [0.25, 0.3) is 5.70 Å². The van der Waals surface area contributed by atoms with Gasteiger partial charge in [-0.05, 0) is 25.3 Å². The number of amides is 1. The smallest absolute Gasteiger partial charge is 0.226 e. The van der Waals surface area contributed by atoms with E-state index in [1.54, 1.807) is 0 Å². The lowest BCUT2D eigenvalue weighted by Gasteiger charge is -2.23. The van der Waals surface area contributed by atoms with Crippen LogP contribution >= 0.6 is 0 Å². The maximum absolute atomic E-state index is 12.0. The fourth-order valence-electron chi connectivity index (χ4n) is 2.17. The Balaban J connectivity index is 2.18. The predicted octanol–water partition coefficient (Wildman–Crippen LogP) is 3.37. The van der Waals surface area contributed by atoms with E-state index in [4.69, 9.17) is 0 Å². The van der Waals surface area contributed by atoms with Crippen molar-refractivity contribution in [3.8, 4) is 0 Å². The standard InChI is InChI=1S/C15H19NO/c1-12-7-9-14(10-8-12)13(2)16-11-5-3-4-6-15(16)17/h7-10H,2-6,11H2,1H3. The van der Waals surface area contributed by atoms with Crippen LogP contribution in [0.4, 0.5) is 0 Å². The van der Waals surface area contributed by atoms with E-state index in [1.165, 1.54) is 5.56 Å². The Bertz CT molecular complexity index is 419. The maximum atomic E-state index is 12.0. The number of hydrogen-bond acceptors (Lipinski definition) is 1. The Morgan fingerprint density at radius 2 is 1.88 bits per heavy atom. The van der Waals surface area contributed by atoms with Crippen LogP contribution in [0, 0.1) is 6.92 Å². The predicted molar refractivity (Wildman–Crippen MR) is 70.4 cm³/mol. The Morgan fingerprint density at radius 3 is 2.59 bits per heavy atom. The fourth-order valence-corrected chi connectivity index (χ4v) is 2.17. The third-order valence-electron chi connectivity index (χ3n) is 3.28. The first kappa shape index (κ1) is 11.9. The van der Waals surface area contributed by atoms with Gasteiger partial charge in [0.05, 0.1) is 0 Å². The molecule has 1 aromatic carbocycles. The van der Waals surface area contributed by atoms with Gasteiger partial charge in [-0.3, -0.25) is 4.79 Å². The molecule has 0 atom stereocenters. The van der Waals surface area contributed by atoms with Crippen LogP contribution in [0.1, 0.15) is 36.8 Å². The van der Waals surface area contributed by atoms with Crippen molar-refractivity contribution in [3.05, 3.63) is 42.0 Å². The summed E-state index contributed by atoms with van der Waals surface area (Å²) in [6.07, 6.45) is 3.89. The summed E-state index contributed by atoms with van der Waals surface area (Å²) in [5.74, 6) is 0.216. The summed E-state index contributed by atoms with van der Waals surface area (Å²) < 4.78 is 0. The minimum atomic E-state index is 0.216. The lowest BCUT2D eigenvalue weighted by atomic mass is 10.1. The Kier molecular flexibility index (Phi) is 3.62. The fraction of sp³-hybridized carbons (Fsp3) is 0.400. The van der Waals surface area contributed by atoms with Gasteiger partial charge in [-0.15, -0.1) is 0 Å². The van der Waals surface area contributed by atoms with Crippen molar-refractivity contribution in [2.24, 2.45) is 0 Å². The molecular weight excluding hydrogens is 210 g/mol. The van der Waals surface area contributed by atoms with Crippen molar-refractivity contribution < 1.29 is 4.79 Å². The molecule has 0 radical (unpaired) electrons. The summed E-state index contributed by atoms with van der Waals surface area (Å²) >= 11 is 0. The van der Waals surface area contributed by atoms with Gasteiger partial charge in [-0.2, -0.15) is 0 Å². The lowest BCUT2D eigenvalue weighted by Crippen LogP contribution is -2.28. The van der Waals surface area contributed by atoms with E-state index in [1.807, 2.05) is 17.0 Å². The first-order chi connectivity index (χ1) is 8.18. The molecule has 1 aromatic rings. The highest BCUT2D eigenvalue weighted by molar-refractivity contribution is 5.86. The van der Waals surface area contributed by atoms with Gasteiger partial charge < -0.3 is 4.90 Å². The number of likely N-dealkylation sites (tertiary alicyclic amines) is 1. The molecule has 1 amide bonds. The average Bonchev–Trinajstić information content (AvgIpc) is 2.54. The molecule has 1 aliphatic heterocycles. The molecule has 1 heterocycles. The number of carbonyl (C=O) groups excluding carboxylic acids is 1. The molecule has 1 aliphatic rings. The van der Waals surface area contributed by atoms with Crippen LogP contribution in [0.15, 0.2) is 30.8 Å². The third kappa shape index (κ3) is 2.76. The highest BCUT2D eigenvalue weighted by Crippen LogP contribution is 2.22. The zero-order chi connectivity index (χ0) is 12.3. The summed E-state index contributed by atoms with van der Waals surface area (Å²) in [5, 5.41) is 0. The molecule has 0 N–H and O–H groups in total. The SMILES string of the molecule is C=C(c1ccc(C)cc1)N1CCCCCC1=O. The minimum Gasteiger partial charge on any atom is -0.312 e. The monoisotopic (exact) mass is 229 g/mol. The molecule has 1 fully saturated rings. The first-order valence-electron chi connectivity index (χ1n) is 6.25. The normalized spacial score (nSPS) is 16.8. The minimum absolute atomic E-state index is 0.216. The van der Waals surface area contributed by atoms with Crippen LogP contribution in [-0.4, -0.2) is 17.4 Å². The number of carbonyl (C=O) groups is 1. The van der Waals surface area contributed by atoms with E-state index >= 15 is 0 Å². The summed E-state index contributed by atoms with van der Waals surface area (Å²) in [4.78, 5) is 13.8. The molecule has 0 saturated carbocycles. The van der Waals surface area contributed by atoms with E-state index in [-0.39, 0.29) is 5.91 Å². The molecule has 2 nitrogen and oxygen atoms in total. The summed E-state index contributed by atoms with van der Waals surface area (Å²) in [6, 6.07) is 8.19. The average molecular weight is 229 g/mol. The van der Waals surface area contributed by atoms with Crippen molar-refractivity contribution in [3.63, 3.8) is 0 Å². The summed E-state index contributed by atoms with van der Waals surface area (Å²) in [7, 11) is 0. The molecule has 0 unspecified atom stereocenters. The van der Waals surface area contributed by atoms with Crippen molar-refractivity contribution in [1.29, 1.82) is 0 Å². The van der Waals surface area contributed by atoms with Gasteiger partial charge in [0.15, 0.2) is 0 Å². The summed E-state index contributed by atoms with van der Waals surface area (Å²) in [6.45, 7) is 6.95. The molecule has 0 spiro atoms. The molecule has 1 saturated heterocycles. The maximum Gasteiger partial charge on any atom is 0.226 e. The van der Waals surface area contributed by atoms with E-state index in [0.717, 1.165) is 37.1 Å². The first-order valence-corrected chi connectivity index (χ1v) is 6.25. The molecule has 17 heavy (non-hydrogen) atoms. The molecule has 0 aliphatic carbocycles. The third-order valence-corrected chi connectivity index (χ3v) is 3.28. The van der Waals surface area contributed by atoms with Crippen molar-refractivity contribution in [2.45, 2.75) is 32.6 Å². The van der Waals surface area contributed by atoms with Crippen molar-refractivity contribution in [2.75, 3.05) is 6.54 Å². The second-order valence-corrected chi connectivity index (χ2v) is 4.67. The highest BCUT2D eigenvalue weighted by Gasteiger charge is 2.19. The van der Waals surface area contributed by atoms with Gasteiger partial charge >= 0.3 is 0 Å². The van der Waals surface area contributed by atoms with E-state index < -0.39 is 0 Å². The number of nitrogens with zero attached hydrogens (tertiary/aromatic N) is 1. The zero-order valence-electron chi connectivity index (χ0n) is 10.4. The lowest BCUT2D eigenvalue weighted by molar-refractivity contribution is -0.127. The second-order valence-electron chi connectivity index (χ2n) is 4.67. The quantitative estimate of drug-likeness (QED) is 0.761. The van der Waals surface area contributed by atoms with Gasteiger partial charge in [0.1, 0.15) is 0 Å². The van der Waals surface area contributed by atoms with Crippen molar-refractivity contribution >= 4 is 11.6 Å². The van der Waals surface area contributed by atoms with E-state index in [2.05, 4.69) is 25.6 Å². The molecule has 2 rings (SSSR count). The number of rotatable bonds is 2. The molecule has 0 bridgehead atoms. The van der Waals surface area contributed by atoms with Crippen LogP contribution in [0.5, 0.6) is 0 Å². The van der Waals surface area contributed by atoms with E-state index in [9.17, 15) is 4.79 Å². The zero-order valence-corrected chi connectivity index (χ0v) is 10.4. The molecule has 2 heteroatoms. The topological polar surface area (TPSA) is 20.3 Å². The van der Waals surface area contributed by atoms with Crippen LogP contribution in [-0.2, 0) is 4.79 Å². The number of hydrogen-bond donors (Lipinski definition) is 0. The Hall–Kier alpha value is -1.57. The largest absolute Gasteiger partial charge is 0.312 e. The van der Waals surface area contributed by atoms with Crippen LogP contribution in [0.2, 0.25) is 0 Å². The van der Waals surface area contributed by atoms with Crippen LogP contribution < -0.4 is 0 Å². The molecule has 90 valence electrons. The number of benzene rings is 1. The van der Waals surface area contributed by atoms with E-state index in [0.29, 0.717) is 6.42 Å². The Morgan fingerprint density at radius 1 is 1.18 bits per heavy atom. The number of aryl methyl sites for hydroxylation is 1. The summed E-state index contributed by atoms with van der Waals surface area (Å²) in [5.41, 5.74) is 3.12. The second kappa shape index (κ2) is 5.17. The van der Waals surface area contributed by atoms with Gasteiger partial charge in [0.25, 0.3) is 0 Å². The Labute approximate surface area is 103 Å².